The number of carbonyl (C=O) groups is 1. The topological polar surface area (TPSA) is 42.0 Å². The molecule has 0 aliphatic carbocycles. The predicted octanol–water partition coefficient (Wildman–Crippen LogP) is 5.89. The van der Waals surface area contributed by atoms with Crippen LogP contribution >= 0.6 is 34.7 Å². The van der Waals surface area contributed by atoms with Crippen LogP contribution < -0.4 is 5.32 Å². The number of carbonyl (C=O) groups excluding carboxylic acids is 1. The number of thiazole rings is 1. The molecule has 0 unspecified atom stereocenters. The fraction of sp³-hybridized carbons (Fsp3) is 0.200. The summed E-state index contributed by atoms with van der Waals surface area (Å²) in [6, 6.07) is 13.6. The predicted molar refractivity (Wildman–Crippen MR) is 111 cm³/mol. The van der Waals surface area contributed by atoms with E-state index in [0.717, 1.165) is 15.8 Å². The van der Waals surface area contributed by atoms with Gasteiger partial charge in [-0.25, -0.2) is 4.98 Å². The standard InChI is InChI=1S/C20H19ClN2OS2/c1-13-6-7-14(2)15(8-13)11-25-20-23-18(12-26-20)10-19(24)22-17-5-3-4-16(21)9-17/h3-9,12H,10-11H2,1-2H3,(H,22,24). The van der Waals surface area contributed by atoms with E-state index in [1.54, 1.807) is 35.2 Å². The third-order valence-electron chi connectivity index (χ3n) is 3.84. The normalized spacial score (nSPS) is 10.7. The lowest BCUT2D eigenvalue weighted by molar-refractivity contribution is -0.115. The number of nitrogens with one attached hydrogen (secondary N) is 1. The molecule has 134 valence electrons. The van der Waals surface area contributed by atoms with Gasteiger partial charge in [-0.2, -0.15) is 0 Å². The molecule has 0 radical (unpaired) electrons. The first-order valence-electron chi connectivity index (χ1n) is 8.18. The molecule has 0 bridgehead atoms. The number of anilines is 1. The van der Waals surface area contributed by atoms with Crippen LogP contribution in [-0.4, -0.2) is 10.9 Å². The highest BCUT2D eigenvalue weighted by atomic mass is 35.5. The molecule has 0 saturated carbocycles. The van der Waals surface area contributed by atoms with Gasteiger partial charge in [-0.15, -0.1) is 11.3 Å². The highest BCUT2D eigenvalue weighted by Crippen LogP contribution is 2.28. The van der Waals surface area contributed by atoms with Crippen LogP contribution in [0.2, 0.25) is 5.02 Å². The average Bonchev–Trinajstić information content (AvgIpc) is 3.03. The minimum atomic E-state index is -0.0938. The van der Waals surface area contributed by atoms with Crippen molar-refractivity contribution >= 4 is 46.3 Å². The molecule has 0 aliphatic rings. The van der Waals surface area contributed by atoms with Crippen molar-refractivity contribution in [3.05, 3.63) is 75.3 Å². The van der Waals surface area contributed by atoms with Crippen molar-refractivity contribution in [1.82, 2.24) is 4.98 Å². The summed E-state index contributed by atoms with van der Waals surface area (Å²) in [6.45, 7) is 4.23. The van der Waals surface area contributed by atoms with E-state index in [-0.39, 0.29) is 12.3 Å². The molecule has 0 spiro atoms. The molecule has 0 atom stereocenters. The molecule has 0 aliphatic heterocycles. The molecule has 1 N–H and O–H groups in total. The molecule has 1 heterocycles. The third kappa shape index (κ3) is 5.34. The van der Waals surface area contributed by atoms with Gasteiger partial charge in [-0.3, -0.25) is 4.79 Å². The van der Waals surface area contributed by atoms with E-state index in [9.17, 15) is 4.79 Å². The Hall–Kier alpha value is -1.82. The lowest BCUT2D eigenvalue weighted by Crippen LogP contribution is -2.14. The zero-order chi connectivity index (χ0) is 18.5. The van der Waals surface area contributed by atoms with E-state index in [0.29, 0.717) is 10.7 Å². The van der Waals surface area contributed by atoms with Gasteiger partial charge in [0, 0.05) is 21.8 Å². The Morgan fingerprint density at radius 3 is 2.88 bits per heavy atom. The van der Waals surface area contributed by atoms with E-state index < -0.39 is 0 Å². The number of nitrogens with zero attached hydrogens (tertiary/aromatic N) is 1. The first kappa shape index (κ1) is 19.0. The second-order valence-corrected chi connectivity index (χ2v) is 8.58. The summed E-state index contributed by atoms with van der Waals surface area (Å²) in [5.74, 6) is 0.790. The lowest BCUT2D eigenvalue weighted by atomic mass is 10.1. The number of hydrogen-bond acceptors (Lipinski definition) is 4. The van der Waals surface area contributed by atoms with Crippen LogP contribution in [0.5, 0.6) is 0 Å². The quantitative estimate of drug-likeness (QED) is 0.523. The van der Waals surface area contributed by atoms with Crippen LogP contribution in [0.1, 0.15) is 22.4 Å². The molecule has 3 nitrogen and oxygen atoms in total. The summed E-state index contributed by atoms with van der Waals surface area (Å²) in [5.41, 5.74) is 5.37. The Bertz CT molecular complexity index is 924. The monoisotopic (exact) mass is 402 g/mol. The molecule has 1 amide bonds. The Kier molecular flexibility index (Phi) is 6.35. The molecule has 2 aromatic carbocycles. The molecule has 6 heteroatoms. The first-order chi connectivity index (χ1) is 12.5. The first-order valence-corrected chi connectivity index (χ1v) is 10.4. The van der Waals surface area contributed by atoms with E-state index in [1.165, 1.54) is 16.7 Å². The van der Waals surface area contributed by atoms with Crippen molar-refractivity contribution in [3.8, 4) is 0 Å². The van der Waals surface area contributed by atoms with Crippen molar-refractivity contribution in [2.24, 2.45) is 0 Å². The van der Waals surface area contributed by atoms with Crippen molar-refractivity contribution in [2.45, 2.75) is 30.4 Å². The summed E-state index contributed by atoms with van der Waals surface area (Å²) < 4.78 is 0.983. The van der Waals surface area contributed by atoms with Crippen molar-refractivity contribution in [2.75, 3.05) is 5.32 Å². The van der Waals surface area contributed by atoms with Gasteiger partial charge >= 0.3 is 0 Å². The minimum absolute atomic E-state index is 0.0938. The Morgan fingerprint density at radius 2 is 2.08 bits per heavy atom. The third-order valence-corrected chi connectivity index (χ3v) is 6.19. The highest BCUT2D eigenvalue weighted by Gasteiger charge is 2.10. The number of aryl methyl sites for hydroxylation is 2. The molecule has 26 heavy (non-hydrogen) atoms. The second kappa shape index (κ2) is 8.71. The van der Waals surface area contributed by atoms with Gasteiger partial charge < -0.3 is 5.32 Å². The van der Waals surface area contributed by atoms with Crippen LogP contribution in [0.3, 0.4) is 0 Å². The van der Waals surface area contributed by atoms with Crippen molar-refractivity contribution < 1.29 is 4.79 Å². The Morgan fingerprint density at radius 1 is 1.23 bits per heavy atom. The molecule has 3 rings (SSSR count). The SMILES string of the molecule is Cc1ccc(C)c(CSc2nc(CC(=O)Nc3cccc(Cl)c3)cs2)c1. The van der Waals surface area contributed by atoms with E-state index in [1.807, 2.05) is 17.5 Å². The fourth-order valence-corrected chi connectivity index (χ4v) is 4.57. The maximum Gasteiger partial charge on any atom is 0.230 e. The summed E-state index contributed by atoms with van der Waals surface area (Å²) in [7, 11) is 0. The smallest absolute Gasteiger partial charge is 0.230 e. The van der Waals surface area contributed by atoms with Crippen LogP contribution in [0.15, 0.2) is 52.2 Å². The van der Waals surface area contributed by atoms with Crippen LogP contribution in [-0.2, 0) is 17.0 Å². The van der Waals surface area contributed by atoms with Crippen molar-refractivity contribution in [3.63, 3.8) is 0 Å². The number of halogens is 1. The zero-order valence-corrected chi connectivity index (χ0v) is 17.0. The number of amides is 1. The van der Waals surface area contributed by atoms with Gasteiger partial charge in [0.25, 0.3) is 0 Å². The van der Waals surface area contributed by atoms with Crippen LogP contribution in [0, 0.1) is 13.8 Å². The zero-order valence-electron chi connectivity index (χ0n) is 14.6. The molecule has 3 aromatic rings. The lowest BCUT2D eigenvalue weighted by Gasteiger charge is -2.05. The number of hydrogen-bond donors (Lipinski definition) is 1. The molecular formula is C20H19ClN2OS2. The largest absolute Gasteiger partial charge is 0.326 e. The van der Waals surface area contributed by atoms with Gasteiger partial charge in [0.05, 0.1) is 12.1 Å². The van der Waals surface area contributed by atoms with Gasteiger partial charge in [0.15, 0.2) is 0 Å². The Labute approximate surface area is 166 Å². The van der Waals surface area contributed by atoms with Gasteiger partial charge in [0.2, 0.25) is 5.91 Å². The van der Waals surface area contributed by atoms with Gasteiger partial charge in [-0.1, -0.05) is 53.2 Å². The minimum Gasteiger partial charge on any atom is -0.326 e. The number of rotatable bonds is 6. The highest BCUT2D eigenvalue weighted by molar-refractivity contribution is 8.00. The number of thioether (sulfide) groups is 1. The summed E-state index contributed by atoms with van der Waals surface area (Å²) in [6.07, 6.45) is 0.257. The van der Waals surface area contributed by atoms with Crippen molar-refractivity contribution in [1.29, 1.82) is 0 Å². The van der Waals surface area contributed by atoms with Crippen LogP contribution in [0.4, 0.5) is 5.69 Å². The second-order valence-electron chi connectivity index (χ2n) is 6.06. The molecular weight excluding hydrogens is 384 g/mol. The van der Waals surface area contributed by atoms with Gasteiger partial charge in [-0.05, 0) is 43.2 Å². The molecule has 0 fully saturated rings. The number of benzene rings is 2. The maximum absolute atomic E-state index is 12.2. The average molecular weight is 403 g/mol. The summed E-state index contributed by atoms with van der Waals surface area (Å²) in [4.78, 5) is 16.7. The Balaban J connectivity index is 1.56. The molecule has 0 saturated heterocycles. The van der Waals surface area contributed by atoms with E-state index in [2.05, 4.69) is 42.3 Å². The molecule has 1 aromatic heterocycles. The van der Waals surface area contributed by atoms with E-state index in [4.69, 9.17) is 11.6 Å². The maximum atomic E-state index is 12.2. The van der Waals surface area contributed by atoms with Gasteiger partial charge in [0.1, 0.15) is 4.34 Å². The summed E-state index contributed by atoms with van der Waals surface area (Å²) >= 11 is 9.22. The van der Waals surface area contributed by atoms with E-state index >= 15 is 0 Å². The number of aromatic nitrogens is 1. The van der Waals surface area contributed by atoms with Crippen LogP contribution in [0.25, 0.3) is 0 Å². The fourth-order valence-electron chi connectivity index (χ4n) is 2.47. The summed E-state index contributed by atoms with van der Waals surface area (Å²) in [5, 5.41) is 5.39.